The van der Waals surface area contributed by atoms with Crippen molar-refractivity contribution in [1.29, 1.82) is 0 Å². The molecule has 3 aliphatic rings. The van der Waals surface area contributed by atoms with E-state index in [1.54, 1.807) is 32.9 Å². The molecule has 39 heteroatoms. The Bertz CT molecular complexity index is 3520. The number of amides is 7. The minimum absolute atomic E-state index is 0.00526. The van der Waals surface area contributed by atoms with Gasteiger partial charge >= 0.3 is 31.6 Å². The summed E-state index contributed by atoms with van der Waals surface area (Å²) in [5, 5.41) is 13.1. The summed E-state index contributed by atoms with van der Waals surface area (Å²) in [5.41, 5.74) is 18.4. The Morgan fingerprint density at radius 1 is 0.864 bits per heavy atom. The molecule has 0 radical (unpaired) electrons. The van der Waals surface area contributed by atoms with E-state index in [-0.39, 0.29) is 91.2 Å². The summed E-state index contributed by atoms with van der Waals surface area (Å²) in [6.45, 7) is -4.90. The number of hydrogen-bond donors (Lipinski definition) is 10. The van der Waals surface area contributed by atoms with Crippen molar-refractivity contribution < 1.29 is 84.5 Å². The summed E-state index contributed by atoms with van der Waals surface area (Å²) in [6.07, 6.45) is -8.33. The zero-order valence-corrected chi connectivity index (χ0v) is 50.9. The smallest absolute Gasteiger partial charge is 0.407 e. The molecule has 34 nitrogen and oxygen atoms in total. The van der Waals surface area contributed by atoms with Gasteiger partial charge in [0, 0.05) is 38.3 Å². The first-order valence-corrected chi connectivity index (χ1v) is 32.4. The Labute approximate surface area is 510 Å². The number of anilines is 3. The second-order valence-corrected chi connectivity index (χ2v) is 26.0. The number of hydrogen-bond acceptors (Lipinski definition) is 25. The van der Waals surface area contributed by atoms with Crippen LogP contribution in [0.25, 0.3) is 22.3 Å². The van der Waals surface area contributed by atoms with Gasteiger partial charge in [-0.3, -0.25) is 46.7 Å². The Balaban J connectivity index is 0.934. The van der Waals surface area contributed by atoms with Crippen LogP contribution in [0.4, 0.5) is 31.3 Å². The van der Waals surface area contributed by atoms with Crippen molar-refractivity contribution in [2.24, 2.45) is 22.6 Å². The van der Waals surface area contributed by atoms with E-state index in [9.17, 15) is 43.0 Å². The van der Waals surface area contributed by atoms with Crippen LogP contribution in [0.2, 0.25) is 0 Å². The molecule has 476 valence electrons. The average Bonchev–Trinajstić information content (AvgIpc) is 2.36. The molecule has 3 fully saturated rings. The van der Waals surface area contributed by atoms with Gasteiger partial charge in [-0.05, 0) is 54.7 Å². The molecule has 1 aromatic carbocycles. The summed E-state index contributed by atoms with van der Waals surface area (Å²) in [6, 6.07) is 3.39. The van der Waals surface area contributed by atoms with Gasteiger partial charge in [0.2, 0.25) is 23.6 Å². The number of primary amides is 1. The molecule has 0 spiro atoms. The zero-order valence-electron chi connectivity index (χ0n) is 47.4. The van der Waals surface area contributed by atoms with Gasteiger partial charge in [0.15, 0.2) is 47.7 Å². The second kappa shape index (κ2) is 29.3. The first kappa shape index (κ1) is 66.5. The van der Waals surface area contributed by atoms with E-state index in [0.29, 0.717) is 11.3 Å². The SMILES string of the molecule is CCC(=O)N[C@H](C(=O)N[C@@H](CCCNC(N)=O)C(=O)Nc1ccc(COC(=O)NCCC(C=NC(C)=O)C(=O)O[C@@H]2[C@@H]3OP(O)(=S)OC[C@H]4O[C@@H](n5cnc6c(N)ncnc65)[C@H](F)[C@@H]4OP(=O)(S)OC[C@H]3O[C@H]2n2cnc3c(N)ncnc32)cc1)C(C)C. The number of fused-ring (bicyclic) bond motifs is 4. The van der Waals surface area contributed by atoms with Gasteiger partial charge in [-0.25, -0.2) is 53.4 Å². The van der Waals surface area contributed by atoms with Crippen molar-refractivity contribution in [3.63, 3.8) is 0 Å². The van der Waals surface area contributed by atoms with Crippen LogP contribution in [-0.4, -0.2) is 167 Å². The molecule has 0 saturated carbocycles. The van der Waals surface area contributed by atoms with Gasteiger partial charge in [-0.15, -0.1) is 0 Å². The van der Waals surface area contributed by atoms with Crippen LogP contribution in [0.15, 0.2) is 54.6 Å². The number of benzene rings is 1. The van der Waals surface area contributed by atoms with Crippen LogP contribution in [0, 0.1) is 11.8 Å². The molecule has 0 aliphatic carbocycles. The molecule has 0 bridgehead atoms. The van der Waals surface area contributed by atoms with Crippen molar-refractivity contribution in [3.8, 4) is 0 Å². The number of aromatic nitrogens is 8. The Hall–Kier alpha value is -7.44. The molecule has 13 atom stereocenters. The first-order valence-electron chi connectivity index (χ1n) is 27.1. The van der Waals surface area contributed by atoms with E-state index in [2.05, 4.69) is 73.7 Å². The van der Waals surface area contributed by atoms with Crippen molar-refractivity contribution in [3.05, 3.63) is 55.1 Å². The van der Waals surface area contributed by atoms with Crippen molar-refractivity contribution in [1.82, 2.24) is 60.3 Å². The fourth-order valence-corrected chi connectivity index (χ4v) is 12.2. The first-order chi connectivity index (χ1) is 41.8. The fraction of sp³-hybridized carbons (Fsp3) is 0.510. The molecule has 12 N–H and O–H groups in total. The molecule has 3 aliphatic heterocycles. The number of urea groups is 1. The molecule has 3 saturated heterocycles. The van der Waals surface area contributed by atoms with E-state index >= 15 is 4.39 Å². The van der Waals surface area contributed by atoms with Gasteiger partial charge < -0.3 is 72.1 Å². The number of ether oxygens (including phenoxy) is 4. The Morgan fingerprint density at radius 3 is 2.11 bits per heavy atom. The lowest BCUT2D eigenvalue weighted by Gasteiger charge is -2.30. The van der Waals surface area contributed by atoms with Crippen LogP contribution >= 0.6 is 25.8 Å². The number of esters is 1. The van der Waals surface area contributed by atoms with Crippen molar-refractivity contribution in [2.75, 3.05) is 43.1 Å². The van der Waals surface area contributed by atoms with Crippen LogP contribution < -0.4 is 43.8 Å². The molecular formula is C49H64FN17O17P2S2. The van der Waals surface area contributed by atoms with Gasteiger partial charge in [0.1, 0.15) is 66.8 Å². The summed E-state index contributed by atoms with van der Waals surface area (Å²) in [7, 11) is 0. The third-order valence-electron chi connectivity index (χ3n) is 13.7. The van der Waals surface area contributed by atoms with E-state index in [1.165, 1.54) is 33.9 Å². The van der Waals surface area contributed by atoms with Crippen LogP contribution in [0.3, 0.4) is 0 Å². The number of nitrogens with two attached hydrogens (primary N) is 3. The highest BCUT2D eigenvalue weighted by Gasteiger charge is 2.55. The maximum Gasteiger partial charge on any atom is 0.407 e. The number of thiol groups is 1. The third-order valence-corrected chi connectivity index (χ3v) is 16.9. The highest BCUT2D eigenvalue weighted by Crippen LogP contribution is 2.59. The number of carbonyl (C=O) groups excluding carboxylic acids is 7. The van der Waals surface area contributed by atoms with Crippen molar-refractivity contribution >= 4 is 125 Å². The highest BCUT2D eigenvalue weighted by atomic mass is 32.7. The lowest BCUT2D eigenvalue weighted by atomic mass is 10.0. The number of nitrogen functional groups attached to an aromatic ring is 2. The molecule has 88 heavy (non-hydrogen) atoms. The Morgan fingerprint density at radius 2 is 1.49 bits per heavy atom. The number of nitrogens with zero attached hydrogens (tertiary/aromatic N) is 9. The van der Waals surface area contributed by atoms with E-state index in [0.717, 1.165) is 25.8 Å². The largest absolute Gasteiger partial charge is 0.454 e. The quantitative estimate of drug-likeness (QED) is 0.0165. The second-order valence-electron chi connectivity index (χ2n) is 20.3. The summed E-state index contributed by atoms with van der Waals surface area (Å²) < 4.78 is 80.2. The third kappa shape index (κ3) is 16.8. The van der Waals surface area contributed by atoms with E-state index < -0.39 is 130 Å². The summed E-state index contributed by atoms with van der Waals surface area (Å²) in [4.78, 5) is 130. The average molecular weight is 1310 g/mol. The molecule has 4 aromatic heterocycles. The number of aliphatic imine (C=N–C) groups is 1. The minimum atomic E-state index is -4.63. The summed E-state index contributed by atoms with van der Waals surface area (Å²) >= 11 is 9.62. The molecule has 3 unspecified atom stereocenters. The summed E-state index contributed by atoms with van der Waals surface area (Å²) in [5.74, 6) is -5.09. The molecule has 7 amide bonds. The monoisotopic (exact) mass is 1310 g/mol. The lowest BCUT2D eigenvalue weighted by molar-refractivity contribution is -0.160. The van der Waals surface area contributed by atoms with Crippen LogP contribution in [0.1, 0.15) is 71.4 Å². The zero-order chi connectivity index (χ0) is 63.6. The van der Waals surface area contributed by atoms with Gasteiger partial charge in [-0.1, -0.05) is 45.2 Å². The maximum absolute atomic E-state index is 16.6. The van der Waals surface area contributed by atoms with Crippen LogP contribution in [-0.2, 0) is 84.0 Å². The van der Waals surface area contributed by atoms with Crippen LogP contribution in [0.5, 0.6) is 0 Å². The number of nitrogens with one attached hydrogen (secondary N) is 5. The minimum Gasteiger partial charge on any atom is -0.454 e. The van der Waals surface area contributed by atoms with Crippen molar-refractivity contribution in [2.45, 2.75) is 121 Å². The molecule has 7 heterocycles. The van der Waals surface area contributed by atoms with Gasteiger partial charge in [0.25, 0.3) is 0 Å². The van der Waals surface area contributed by atoms with Gasteiger partial charge in [0.05, 0.1) is 31.8 Å². The number of carbonyl (C=O) groups is 7. The van der Waals surface area contributed by atoms with E-state index in [1.807, 2.05) is 0 Å². The number of halogens is 1. The number of imidazole rings is 2. The predicted molar refractivity (Wildman–Crippen MR) is 313 cm³/mol. The standard InChI is InChI=1S/C49H64FN17O17P2S2/c1-5-31(69)65-33(23(2)3)44(71)64-28(7-6-13-54-48(53)73)43(70)63-27-10-8-25(9-11-27)16-77-49(74)55-14-12-26(15-56-24(4)68)47(72)82-38-37-30(81-46(38)67-22-62-35-40(52)58-20-60-42(35)67)18-79-85(75,87)83-36-29(17-78-86(76,88)84-37)80-45(32(36)50)66-21-61-34-39(51)57-19-59-41(34)66/h8-11,15,19-23,26,28-30,32-33,36-38,45-46H,5-7,12-14,16-18H2,1-4H3,(H,55,74)(H,63,70)(H,64,71)(H,65,69)(H,75,87)(H,76,88)(H2,51,57,59)(H2,52,58,60)(H3,53,54,73)/t26?,28-,29+,30+,32+,33-,36+,37+,38+,45+,46+,85?,86?/m0/s1. The number of alkyl carbamates (subject to hydrolysis) is 1. The molecule has 8 rings (SSSR count). The lowest BCUT2D eigenvalue weighted by Crippen LogP contribution is -2.54. The fourth-order valence-electron chi connectivity index (χ4n) is 9.28. The number of alkyl halides is 1. The molecule has 5 aromatic rings. The topological polar surface area (TPSA) is 468 Å². The van der Waals surface area contributed by atoms with Gasteiger partial charge in [-0.2, -0.15) is 0 Å². The normalized spacial score (nSPS) is 25.7. The number of rotatable bonds is 21. The van der Waals surface area contributed by atoms with E-state index in [4.69, 9.17) is 66.1 Å². The Kier molecular flexibility index (Phi) is 22.1. The molecular weight excluding hydrogens is 1240 g/mol. The predicted octanol–water partition coefficient (Wildman–Crippen LogP) is 1.92. The maximum atomic E-state index is 16.6. The highest BCUT2D eigenvalue weighted by molar-refractivity contribution is 8.44.